The van der Waals surface area contributed by atoms with E-state index in [0.717, 1.165) is 15.6 Å². The molecule has 0 aromatic heterocycles. The van der Waals surface area contributed by atoms with Gasteiger partial charge >= 0.3 is 0 Å². The topological polar surface area (TPSA) is 64.4 Å². The first kappa shape index (κ1) is 18.8. The van der Waals surface area contributed by atoms with E-state index in [-0.39, 0.29) is 18.1 Å². The van der Waals surface area contributed by atoms with Crippen LogP contribution in [0.5, 0.6) is 5.75 Å². The highest BCUT2D eigenvalue weighted by molar-refractivity contribution is 9.10. The Morgan fingerprint density at radius 2 is 1.85 bits per heavy atom. The van der Waals surface area contributed by atoms with Crippen molar-refractivity contribution in [2.45, 2.75) is 13.2 Å². The van der Waals surface area contributed by atoms with E-state index in [1.807, 2.05) is 18.2 Å². The highest BCUT2D eigenvalue weighted by atomic mass is 79.9. The second kappa shape index (κ2) is 8.64. The molecule has 0 saturated carbocycles. The van der Waals surface area contributed by atoms with Crippen LogP contribution in [0.4, 0.5) is 15.8 Å². The monoisotopic (exact) mass is 430 g/mol. The zero-order chi connectivity index (χ0) is 19.2. The summed E-state index contributed by atoms with van der Waals surface area (Å²) in [5.41, 5.74) is 2.44. The number of hydrogen-bond donors (Lipinski definition) is 1. The summed E-state index contributed by atoms with van der Waals surface area (Å²) in [5.74, 6) is 0.357. The van der Waals surface area contributed by atoms with Crippen LogP contribution >= 0.6 is 15.9 Å². The third-order valence-corrected chi connectivity index (χ3v) is 4.45. The Labute approximate surface area is 164 Å². The summed E-state index contributed by atoms with van der Waals surface area (Å²) in [6.07, 6.45) is 0. The average Bonchev–Trinajstić information content (AvgIpc) is 2.66. The van der Waals surface area contributed by atoms with Gasteiger partial charge in [0.05, 0.1) is 9.40 Å². The number of rotatable bonds is 7. The van der Waals surface area contributed by atoms with Gasteiger partial charge in [-0.25, -0.2) is 4.39 Å². The van der Waals surface area contributed by atoms with Crippen LogP contribution in [0.15, 0.2) is 71.2 Å². The summed E-state index contributed by atoms with van der Waals surface area (Å²) < 4.78 is 19.7. The maximum Gasteiger partial charge on any atom is 0.271 e. The zero-order valence-electron chi connectivity index (χ0n) is 14.2. The Kier molecular flexibility index (Phi) is 6.03. The van der Waals surface area contributed by atoms with E-state index in [2.05, 4.69) is 21.2 Å². The van der Waals surface area contributed by atoms with Gasteiger partial charge in [-0.05, 0) is 57.4 Å². The second-order valence-corrected chi connectivity index (χ2v) is 6.70. The first-order valence-corrected chi connectivity index (χ1v) is 8.94. The lowest BCUT2D eigenvalue weighted by Gasteiger charge is -2.11. The Hall–Kier alpha value is -2.93. The maximum atomic E-state index is 13.2. The van der Waals surface area contributed by atoms with E-state index >= 15 is 0 Å². The van der Waals surface area contributed by atoms with E-state index in [0.29, 0.717) is 18.0 Å². The number of ether oxygens (including phenoxy) is 1. The molecule has 0 radical (unpaired) electrons. The number of hydrogen-bond acceptors (Lipinski definition) is 4. The molecule has 3 aromatic rings. The first-order valence-electron chi connectivity index (χ1n) is 8.15. The van der Waals surface area contributed by atoms with Crippen LogP contribution in [0.2, 0.25) is 0 Å². The van der Waals surface area contributed by atoms with Crippen molar-refractivity contribution in [3.05, 3.63) is 98.3 Å². The van der Waals surface area contributed by atoms with Gasteiger partial charge in [-0.15, -0.1) is 0 Å². The lowest BCUT2D eigenvalue weighted by Crippen LogP contribution is -2.01. The van der Waals surface area contributed by atoms with Gasteiger partial charge in [-0.2, -0.15) is 0 Å². The van der Waals surface area contributed by atoms with Crippen molar-refractivity contribution in [1.82, 2.24) is 0 Å². The van der Waals surface area contributed by atoms with Crippen LogP contribution in [-0.4, -0.2) is 4.92 Å². The quantitative estimate of drug-likeness (QED) is 0.386. The van der Waals surface area contributed by atoms with Crippen LogP contribution in [-0.2, 0) is 13.2 Å². The Balaban J connectivity index is 1.61. The van der Waals surface area contributed by atoms with Crippen LogP contribution < -0.4 is 10.1 Å². The van der Waals surface area contributed by atoms with Crippen molar-refractivity contribution in [1.29, 1.82) is 0 Å². The molecule has 0 saturated heterocycles. The van der Waals surface area contributed by atoms with Crippen LogP contribution in [0.3, 0.4) is 0 Å². The molecule has 0 aliphatic heterocycles. The minimum atomic E-state index is -0.424. The van der Waals surface area contributed by atoms with E-state index < -0.39 is 4.92 Å². The van der Waals surface area contributed by atoms with Crippen molar-refractivity contribution in [3.8, 4) is 5.75 Å². The maximum absolute atomic E-state index is 13.2. The molecule has 0 unspecified atom stereocenters. The normalized spacial score (nSPS) is 10.4. The van der Waals surface area contributed by atoms with Crippen LogP contribution in [0.1, 0.15) is 11.1 Å². The number of halogens is 2. The minimum absolute atomic E-state index is 0.0438. The van der Waals surface area contributed by atoms with Gasteiger partial charge in [-0.1, -0.05) is 24.3 Å². The standard InChI is InChI=1S/C20H16BrFN2O3/c21-19-10-14(12-23-17-5-2-6-18(11-17)24(25)26)7-8-20(19)27-13-15-3-1-4-16(22)9-15/h1-11,23H,12-13H2. The van der Waals surface area contributed by atoms with Crippen molar-refractivity contribution in [2.24, 2.45) is 0 Å². The molecular formula is C20H16BrFN2O3. The summed E-state index contributed by atoms with van der Waals surface area (Å²) in [5, 5.41) is 14.0. The predicted molar refractivity (Wildman–Crippen MR) is 105 cm³/mol. The third kappa shape index (κ3) is 5.27. The fourth-order valence-electron chi connectivity index (χ4n) is 2.49. The van der Waals surface area contributed by atoms with Gasteiger partial charge in [0.25, 0.3) is 5.69 Å². The molecule has 3 aromatic carbocycles. The molecule has 0 bridgehead atoms. The summed E-state index contributed by atoms with van der Waals surface area (Å²) in [4.78, 5) is 10.4. The Morgan fingerprint density at radius 1 is 1.04 bits per heavy atom. The number of nitro benzene ring substituents is 1. The molecule has 7 heteroatoms. The van der Waals surface area contributed by atoms with Gasteiger partial charge in [0.2, 0.25) is 0 Å². The molecule has 0 fully saturated rings. The zero-order valence-corrected chi connectivity index (χ0v) is 15.8. The average molecular weight is 431 g/mol. The predicted octanol–water partition coefficient (Wildman–Crippen LogP) is 5.69. The fraction of sp³-hybridized carbons (Fsp3) is 0.100. The molecule has 0 amide bonds. The highest BCUT2D eigenvalue weighted by Gasteiger charge is 2.07. The van der Waals surface area contributed by atoms with Crippen molar-refractivity contribution >= 4 is 27.3 Å². The molecule has 3 rings (SSSR count). The summed E-state index contributed by atoms with van der Waals surface area (Å²) in [6, 6.07) is 18.3. The molecule has 0 aliphatic carbocycles. The summed E-state index contributed by atoms with van der Waals surface area (Å²) >= 11 is 3.48. The number of nitro groups is 1. The fourth-order valence-corrected chi connectivity index (χ4v) is 3.03. The van der Waals surface area contributed by atoms with E-state index in [1.54, 1.807) is 24.3 Å². The van der Waals surface area contributed by atoms with Crippen molar-refractivity contribution < 1.29 is 14.1 Å². The molecule has 0 spiro atoms. The molecule has 5 nitrogen and oxygen atoms in total. The molecular weight excluding hydrogens is 415 g/mol. The lowest BCUT2D eigenvalue weighted by atomic mass is 10.2. The van der Waals surface area contributed by atoms with E-state index in [4.69, 9.17) is 4.74 Å². The number of nitrogens with zero attached hydrogens (tertiary/aromatic N) is 1. The summed E-state index contributed by atoms with van der Waals surface area (Å²) in [6.45, 7) is 0.769. The molecule has 0 heterocycles. The second-order valence-electron chi connectivity index (χ2n) is 5.84. The van der Waals surface area contributed by atoms with Gasteiger partial charge in [0, 0.05) is 24.4 Å². The SMILES string of the molecule is O=[N+]([O-])c1cccc(NCc2ccc(OCc3cccc(F)c3)c(Br)c2)c1. The van der Waals surface area contributed by atoms with Gasteiger partial charge in [0.1, 0.15) is 18.2 Å². The van der Waals surface area contributed by atoms with Gasteiger partial charge in [0.15, 0.2) is 0 Å². The highest BCUT2D eigenvalue weighted by Crippen LogP contribution is 2.27. The molecule has 1 N–H and O–H groups in total. The number of anilines is 1. The van der Waals surface area contributed by atoms with E-state index in [9.17, 15) is 14.5 Å². The Morgan fingerprint density at radius 3 is 2.59 bits per heavy atom. The molecule has 138 valence electrons. The third-order valence-electron chi connectivity index (χ3n) is 3.83. The molecule has 27 heavy (non-hydrogen) atoms. The minimum Gasteiger partial charge on any atom is -0.488 e. The summed E-state index contributed by atoms with van der Waals surface area (Å²) in [7, 11) is 0. The van der Waals surface area contributed by atoms with E-state index in [1.165, 1.54) is 24.3 Å². The van der Waals surface area contributed by atoms with Gasteiger partial charge in [-0.3, -0.25) is 10.1 Å². The van der Waals surface area contributed by atoms with Crippen LogP contribution in [0, 0.1) is 15.9 Å². The van der Waals surface area contributed by atoms with Crippen molar-refractivity contribution in [3.63, 3.8) is 0 Å². The smallest absolute Gasteiger partial charge is 0.271 e. The molecule has 0 atom stereocenters. The Bertz CT molecular complexity index is 965. The number of nitrogens with one attached hydrogen (secondary N) is 1. The molecule has 0 aliphatic rings. The lowest BCUT2D eigenvalue weighted by molar-refractivity contribution is -0.384. The number of benzene rings is 3. The first-order chi connectivity index (χ1) is 13.0. The number of non-ortho nitro benzene ring substituents is 1. The largest absolute Gasteiger partial charge is 0.488 e. The van der Waals surface area contributed by atoms with Gasteiger partial charge < -0.3 is 10.1 Å². The van der Waals surface area contributed by atoms with Crippen molar-refractivity contribution in [2.75, 3.05) is 5.32 Å². The van der Waals surface area contributed by atoms with Crippen LogP contribution in [0.25, 0.3) is 0 Å².